The molecule has 8 heavy (non-hydrogen) atoms. The molecule has 1 saturated heterocycles. The van der Waals surface area contributed by atoms with E-state index < -0.39 is 0 Å². The van der Waals surface area contributed by atoms with Crippen molar-refractivity contribution in [3.8, 4) is 0 Å². The summed E-state index contributed by atoms with van der Waals surface area (Å²) in [4.78, 5) is 0. The van der Waals surface area contributed by atoms with Gasteiger partial charge in [-0.3, -0.25) is 0 Å². The van der Waals surface area contributed by atoms with Crippen LogP contribution in [0, 0.1) is 5.41 Å². The smallest absolute Gasteiger partial charge is 0.0115 e. The lowest BCUT2D eigenvalue weighted by molar-refractivity contribution is 0.547. The molecule has 1 aliphatic carbocycles. The largest absolute Gasteiger partial charge is 0.327 e. The topological polar surface area (TPSA) is 38.0 Å². The maximum Gasteiger partial charge on any atom is 0.0115 e. The van der Waals surface area contributed by atoms with Crippen molar-refractivity contribution in [2.45, 2.75) is 18.9 Å². The SMILES string of the molecule is NC1C[C@@]12CCNC2. The van der Waals surface area contributed by atoms with Crippen LogP contribution >= 0.6 is 0 Å². The summed E-state index contributed by atoms with van der Waals surface area (Å²) in [6, 6.07) is 0.525. The van der Waals surface area contributed by atoms with Crippen molar-refractivity contribution < 1.29 is 0 Å². The number of nitrogens with two attached hydrogens (primary N) is 1. The number of hydrogen-bond donors (Lipinski definition) is 2. The van der Waals surface area contributed by atoms with Crippen molar-refractivity contribution in [3.63, 3.8) is 0 Å². The maximum absolute atomic E-state index is 5.72. The van der Waals surface area contributed by atoms with Crippen molar-refractivity contribution in [2.24, 2.45) is 11.1 Å². The van der Waals surface area contributed by atoms with Gasteiger partial charge in [0.1, 0.15) is 0 Å². The summed E-state index contributed by atoms with van der Waals surface area (Å²) in [6.07, 6.45) is 2.58. The summed E-state index contributed by atoms with van der Waals surface area (Å²) in [5.74, 6) is 0. The molecule has 0 aromatic heterocycles. The molecule has 0 radical (unpaired) electrons. The van der Waals surface area contributed by atoms with Gasteiger partial charge in [-0.25, -0.2) is 0 Å². The normalized spacial score (nSPS) is 52.9. The third-order valence-corrected chi connectivity index (χ3v) is 2.53. The molecule has 1 aliphatic heterocycles. The van der Waals surface area contributed by atoms with E-state index in [4.69, 9.17) is 5.73 Å². The molecular formula is C6H12N2. The number of hydrogen-bond acceptors (Lipinski definition) is 2. The van der Waals surface area contributed by atoms with Crippen LogP contribution in [-0.4, -0.2) is 19.1 Å². The highest BCUT2D eigenvalue weighted by molar-refractivity contribution is 5.10. The zero-order valence-corrected chi connectivity index (χ0v) is 4.98. The summed E-state index contributed by atoms with van der Waals surface area (Å²) in [5, 5.41) is 3.33. The Morgan fingerprint density at radius 1 is 1.62 bits per heavy atom. The van der Waals surface area contributed by atoms with Gasteiger partial charge < -0.3 is 11.1 Å². The Kier molecular flexibility index (Phi) is 0.746. The first-order valence-electron chi connectivity index (χ1n) is 3.30. The van der Waals surface area contributed by atoms with Crippen LogP contribution in [0.5, 0.6) is 0 Å². The van der Waals surface area contributed by atoms with Crippen molar-refractivity contribution in [1.82, 2.24) is 5.32 Å². The lowest BCUT2D eigenvalue weighted by Crippen LogP contribution is -2.16. The van der Waals surface area contributed by atoms with E-state index in [1.165, 1.54) is 25.9 Å². The second kappa shape index (κ2) is 1.25. The monoisotopic (exact) mass is 112 g/mol. The highest BCUT2D eigenvalue weighted by atomic mass is 15.0. The molecule has 2 aliphatic rings. The minimum absolute atomic E-state index is 0.525. The Labute approximate surface area is 49.4 Å². The summed E-state index contributed by atoms with van der Waals surface area (Å²) in [5.41, 5.74) is 6.29. The first-order valence-corrected chi connectivity index (χ1v) is 3.30. The third-order valence-electron chi connectivity index (χ3n) is 2.53. The molecule has 2 nitrogen and oxygen atoms in total. The molecular weight excluding hydrogens is 100 g/mol. The Morgan fingerprint density at radius 2 is 2.38 bits per heavy atom. The molecule has 2 rings (SSSR count). The zero-order chi connectivity index (χ0) is 5.61. The lowest BCUT2D eigenvalue weighted by Gasteiger charge is -2.00. The summed E-state index contributed by atoms with van der Waals surface area (Å²) >= 11 is 0. The van der Waals surface area contributed by atoms with Gasteiger partial charge in [-0.15, -0.1) is 0 Å². The second-order valence-corrected chi connectivity index (χ2v) is 3.10. The summed E-state index contributed by atoms with van der Waals surface area (Å²) in [7, 11) is 0. The predicted octanol–water partition coefficient (Wildman–Crippen LogP) is -0.303. The van der Waals surface area contributed by atoms with Crippen LogP contribution in [-0.2, 0) is 0 Å². The van der Waals surface area contributed by atoms with Crippen LogP contribution in [0.1, 0.15) is 12.8 Å². The molecule has 2 fully saturated rings. The van der Waals surface area contributed by atoms with Gasteiger partial charge >= 0.3 is 0 Å². The molecule has 1 spiro atoms. The molecule has 0 aromatic rings. The summed E-state index contributed by atoms with van der Waals surface area (Å²) < 4.78 is 0. The number of rotatable bonds is 0. The maximum atomic E-state index is 5.72. The molecule has 0 amide bonds. The van der Waals surface area contributed by atoms with Crippen LogP contribution in [0.25, 0.3) is 0 Å². The van der Waals surface area contributed by atoms with Crippen molar-refractivity contribution in [3.05, 3.63) is 0 Å². The Bertz CT molecular complexity index is 105. The average Bonchev–Trinajstić information content (AvgIpc) is 2.29. The average molecular weight is 112 g/mol. The fraction of sp³-hybridized carbons (Fsp3) is 1.00. The molecule has 2 atom stereocenters. The van der Waals surface area contributed by atoms with E-state index in [1.807, 2.05) is 0 Å². The highest BCUT2D eigenvalue weighted by Gasteiger charge is 2.52. The van der Waals surface area contributed by atoms with E-state index >= 15 is 0 Å². The van der Waals surface area contributed by atoms with Crippen LogP contribution in [0.15, 0.2) is 0 Å². The van der Waals surface area contributed by atoms with Crippen molar-refractivity contribution >= 4 is 0 Å². The first-order chi connectivity index (χ1) is 3.83. The van der Waals surface area contributed by atoms with Crippen LogP contribution in [0.3, 0.4) is 0 Å². The molecule has 1 heterocycles. The molecule has 3 N–H and O–H groups in total. The minimum atomic E-state index is 0.525. The van der Waals surface area contributed by atoms with Gasteiger partial charge in [0.2, 0.25) is 0 Å². The first kappa shape index (κ1) is 4.77. The van der Waals surface area contributed by atoms with Crippen LogP contribution < -0.4 is 11.1 Å². The van der Waals surface area contributed by atoms with Gasteiger partial charge in [0.05, 0.1) is 0 Å². The van der Waals surface area contributed by atoms with E-state index in [1.54, 1.807) is 0 Å². The fourth-order valence-electron chi connectivity index (χ4n) is 1.63. The van der Waals surface area contributed by atoms with E-state index in [0.717, 1.165) is 0 Å². The molecule has 1 unspecified atom stereocenters. The molecule has 1 saturated carbocycles. The predicted molar refractivity (Wildman–Crippen MR) is 32.5 cm³/mol. The minimum Gasteiger partial charge on any atom is -0.327 e. The Balaban J connectivity index is 2.06. The van der Waals surface area contributed by atoms with Crippen LogP contribution in [0.2, 0.25) is 0 Å². The van der Waals surface area contributed by atoms with Crippen LogP contribution in [0.4, 0.5) is 0 Å². The van der Waals surface area contributed by atoms with Gasteiger partial charge in [0.25, 0.3) is 0 Å². The standard InChI is InChI=1S/C6H12N2/c7-5-3-6(5)1-2-8-4-6/h5,8H,1-4,7H2/t5?,6-/m1/s1. The molecule has 0 aromatic carbocycles. The van der Waals surface area contributed by atoms with Gasteiger partial charge in [-0.05, 0) is 19.4 Å². The van der Waals surface area contributed by atoms with E-state index in [-0.39, 0.29) is 0 Å². The van der Waals surface area contributed by atoms with Gasteiger partial charge in [-0.1, -0.05) is 0 Å². The number of nitrogens with one attached hydrogen (secondary N) is 1. The van der Waals surface area contributed by atoms with Gasteiger partial charge in [0, 0.05) is 18.0 Å². The molecule has 0 bridgehead atoms. The van der Waals surface area contributed by atoms with E-state index in [9.17, 15) is 0 Å². The zero-order valence-electron chi connectivity index (χ0n) is 4.98. The molecule has 2 heteroatoms. The third kappa shape index (κ3) is 0.446. The summed E-state index contributed by atoms with van der Waals surface area (Å²) in [6.45, 7) is 2.36. The highest BCUT2D eigenvalue weighted by Crippen LogP contribution is 2.48. The second-order valence-electron chi connectivity index (χ2n) is 3.10. The quantitative estimate of drug-likeness (QED) is 0.451. The Hall–Kier alpha value is -0.0800. The Morgan fingerprint density at radius 3 is 2.62 bits per heavy atom. The molecule has 46 valence electrons. The van der Waals surface area contributed by atoms with Crippen molar-refractivity contribution in [2.75, 3.05) is 13.1 Å². The lowest BCUT2D eigenvalue weighted by atomic mass is 10.1. The van der Waals surface area contributed by atoms with Gasteiger partial charge in [-0.2, -0.15) is 0 Å². The van der Waals surface area contributed by atoms with E-state index in [2.05, 4.69) is 5.32 Å². The fourth-order valence-corrected chi connectivity index (χ4v) is 1.63. The van der Waals surface area contributed by atoms with Crippen molar-refractivity contribution in [1.29, 1.82) is 0 Å². The van der Waals surface area contributed by atoms with E-state index in [0.29, 0.717) is 11.5 Å². The van der Waals surface area contributed by atoms with Gasteiger partial charge in [0.15, 0.2) is 0 Å².